The van der Waals surface area contributed by atoms with Gasteiger partial charge in [0.05, 0.1) is 0 Å². The first kappa shape index (κ1) is 22.5. The minimum atomic E-state index is -0.00467. The third-order valence-electron chi connectivity index (χ3n) is 2.91. The van der Waals surface area contributed by atoms with Gasteiger partial charge in [-0.05, 0) is 32.3 Å². The maximum atomic E-state index is 11.8. The van der Waals surface area contributed by atoms with Crippen molar-refractivity contribution in [3.8, 4) is 0 Å². The molecule has 21 heavy (non-hydrogen) atoms. The van der Waals surface area contributed by atoms with E-state index in [-0.39, 0.29) is 36.6 Å². The molecule has 1 unspecified atom stereocenters. The van der Waals surface area contributed by atoms with Crippen molar-refractivity contribution in [1.29, 1.82) is 0 Å². The zero-order valence-corrected chi connectivity index (χ0v) is 14.8. The van der Waals surface area contributed by atoms with Crippen molar-refractivity contribution in [1.82, 2.24) is 15.5 Å². The van der Waals surface area contributed by atoms with E-state index in [4.69, 9.17) is 0 Å². The van der Waals surface area contributed by atoms with Gasteiger partial charge in [0.25, 0.3) is 0 Å². The van der Waals surface area contributed by atoms with Gasteiger partial charge in [-0.25, -0.2) is 0 Å². The molecule has 0 aliphatic rings. The van der Waals surface area contributed by atoms with E-state index in [0.717, 1.165) is 12.1 Å². The first-order valence-corrected chi connectivity index (χ1v) is 6.67. The van der Waals surface area contributed by atoms with Crippen LogP contribution in [0.15, 0.2) is 24.3 Å². The third-order valence-corrected chi connectivity index (χ3v) is 2.91. The fraction of sp³-hybridized carbons (Fsp3) is 0.533. The van der Waals surface area contributed by atoms with Crippen molar-refractivity contribution in [3.63, 3.8) is 0 Å². The van der Waals surface area contributed by atoms with E-state index >= 15 is 0 Å². The van der Waals surface area contributed by atoms with Crippen LogP contribution in [-0.4, -0.2) is 38.5 Å². The van der Waals surface area contributed by atoms with Gasteiger partial charge in [-0.3, -0.25) is 4.79 Å². The molecule has 0 heterocycles. The second-order valence-electron chi connectivity index (χ2n) is 5.23. The number of hydrogen-bond donors (Lipinski definition) is 2. The Labute approximate surface area is 140 Å². The molecular formula is C15H27Cl2N3O. The van der Waals surface area contributed by atoms with E-state index in [0.29, 0.717) is 13.1 Å². The van der Waals surface area contributed by atoms with Crippen LogP contribution in [0.2, 0.25) is 0 Å². The lowest BCUT2D eigenvalue weighted by molar-refractivity contribution is -0.124. The van der Waals surface area contributed by atoms with Crippen molar-refractivity contribution in [2.45, 2.75) is 20.0 Å². The first-order chi connectivity index (χ1) is 9.02. The number of carbonyl (C=O) groups is 1. The van der Waals surface area contributed by atoms with E-state index in [1.54, 1.807) is 0 Å². The van der Waals surface area contributed by atoms with Gasteiger partial charge >= 0.3 is 0 Å². The first-order valence-electron chi connectivity index (χ1n) is 6.67. The molecule has 2 N–H and O–H groups in total. The lowest BCUT2D eigenvalue weighted by Crippen LogP contribution is -2.33. The zero-order chi connectivity index (χ0) is 14.3. The number of benzene rings is 1. The van der Waals surface area contributed by atoms with Crippen LogP contribution in [-0.2, 0) is 17.9 Å². The summed E-state index contributed by atoms with van der Waals surface area (Å²) in [6.07, 6.45) is 0. The van der Waals surface area contributed by atoms with Crippen molar-refractivity contribution in [2.75, 3.05) is 27.7 Å². The molecule has 0 spiro atoms. The van der Waals surface area contributed by atoms with E-state index in [2.05, 4.69) is 27.7 Å². The molecule has 122 valence electrons. The van der Waals surface area contributed by atoms with Gasteiger partial charge in [0, 0.05) is 25.6 Å². The number of hydrogen-bond acceptors (Lipinski definition) is 3. The van der Waals surface area contributed by atoms with E-state index in [1.807, 2.05) is 40.2 Å². The van der Waals surface area contributed by atoms with Gasteiger partial charge in [0.1, 0.15) is 0 Å². The highest BCUT2D eigenvalue weighted by molar-refractivity contribution is 5.85. The summed E-state index contributed by atoms with van der Waals surface area (Å²) in [6.45, 7) is 4.13. The highest BCUT2D eigenvalue weighted by atomic mass is 35.5. The molecule has 1 aromatic rings. The largest absolute Gasteiger partial charge is 0.352 e. The summed E-state index contributed by atoms with van der Waals surface area (Å²) < 4.78 is 0. The van der Waals surface area contributed by atoms with Crippen LogP contribution in [0.4, 0.5) is 0 Å². The summed E-state index contributed by atoms with van der Waals surface area (Å²) in [5, 5.41) is 5.98. The second kappa shape index (κ2) is 11.8. The van der Waals surface area contributed by atoms with Gasteiger partial charge in [0.15, 0.2) is 0 Å². The lowest BCUT2D eigenvalue weighted by atomic mass is 10.1. The number of carbonyl (C=O) groups excluding carboxylic acids is 1. The van der Waals surface area contributed by atoms with E-state index < -0.39 is 0 Å². The van der Waals surface area contributed by atoms with Crippen LogP contribution in [0.5, 0.6) is 0 Å². The Morgan fingerprint density at radius 3 is 2.43 bits per heavy atom. The predicted octanol–water partition coefficient (Wildman–Crippen LogP) is 2.06. The summed E-state index contributed by atoms with van der Waals surface area (Å²) in [4.78, 5) is 13.9. The molecule has 0 radical (unpaired) electrons. The Bertz CT molecular complexity index is 414. The highest BCUT2D eigenvalue weighted by Gasteiger charge is 2.10. The molecule has 0 saturated carbocycles. The van der Waals surface area contributed by atoms with Gasteiger partial charge in [0.2, 0.25) is 5.91 Å². The number of rotatable bonds is 7. The van der Waals surface area contributed by atoms with Crippen LogP contribution < -0.4 is 10.6 Å². The Kier molecular flexibility index (Phi) is 12.6. The van der Waals surface area contributed by atoms with Gasteiger partial charge in [-0.1, -0.05) is 31.2 Å². The van der Waals surface area contributed by atoms with Gasteiger partial charge in [-0.15, -0.1) is 24.8 Å². The molecule has 0 bridgehead atoms. The van der Waals surface area contributed by atoms with Crippen LogP contribution in [0.1, 0.15) is 18.1 Å². The Morgan fingerprint density at radius 2 is 1.86 bits per heavy atom. The van der Waals surface area contributed by atoms with Crippen LogP contribution >= 0.6 is 24.8 Å². The van der Waals surface area contributed by atoms with E-state index in [9.17, 15) is 4.79 Å². The number of halogens is 2. The molecule has 1 atom stereocenters. The molecule has 0 aliphatic carbocycles. The SMILES string of the molecule is CNCC(C)C(=O)NCc1cccc(CN(C)C)c1.Cl.Cl. The topological polar surface area (TPSA) is 44.4 Å². The second-order valence-corrected chi connectivity index (χ2v) is 5.23. The van der Waals surface area contributed by atoms with Crippen molar-refractivity contribution < 1.29 is 4.79 Å². The smallest absolute Gasteiger partial charge is 0.224 e. The van der Waals surface area contributed by atoms with Crippen LogP contribution in [0.25, 0.3) is 0 Å². The lowest BCUT2D eigenvalue weighted by Gasteiger charge is -2.13. The molecule has 1 rings (SSSR count). The molecule has 1 amide bonds. The predicted molar refractivity (Wildman–Crippen MR) is 93.3 cm³/mol. The minimum Gasteiger partial charge on any atom is -0.352 e. The Morgan fingerprint density at radius 1 is 1.24 bits per heavy atom. The fourth-order valence-corrected chi connectivity index (χ4v) is 1.97. The molecule has 0 aliphatic heterocycles. The monoisotopic (exact) mass is 335 g/mol. The summed E-state index contributed by atoms with van der Waals surface area (Å²) >= 11 is 0. The normalized spacial score (nSPS) is 11.3. The number of nitrogens with one attached hydrogen (secondary N) is 2. The van der Waals surface area contributed by atoms with Crippen molar-refractivity contribution in [2.24, 2.45) is 5.92 Å². The molecule has 0 aromatic heterocycles. The Hall–Kier alpha value is -0.810. The maximum absolute atomic E-state index is 11.8. The van der Waals surface area contributed by atoms with Crippen LogP contribution in [0.3, 0.4) is 0 Å². The summed E-state index contributed by atoms with van der Waals surface area (Å²) in [5.41, 5.74) is 2.41. The summed E-state index contributed by atoms with van der Waals surface area (Å²) in [7, 11) is 5.95. The average Bonchev–Trinajstić information content (AvgIpc) is 2.36. The Balaban J connectivity index is 0. The molecule has 0 saturated heterocycles. The molecule has 6 heteroatoms. The average molecular weight is 336 g/mol. The van der Waals surface area contributed by atoms with E-state index in [1.165, 1.54) is 5.56 Å². The third kappa shape index (κ3) is 8.94. The number of amides is 1. The fourth-order valence-electron chi connectivity index (χ4n) is 1.97. The summed E-state index contributed by atoms with van der Waals surface area (Å²) in [6, 6.07) is 8.33. The number of nitrogens with zero attached hydrogens (tertiary/aromatic N) is 1. The minimum absolute atomic E-state index is 0. The highest BCUT2D eigenvalue weighted by Crippen LogP contribution is 2.07. The standard InChI is InChI=1S/C15H25N3O.2ClH/c1-12(9-16-2)15(19)17-10-13-6-5-7-14(8-13)11-18(3)4;;/h5-8,12,16H,9-11H2,1-4H3,(H,17,19);2*1H. The van der Waals surface area contributed by atoms with Gasteiger partial charge in [-0.2, -0.15) is 0 Å². The quantitative estimate of drug-likeness (QED) is 0.801. The van der Waals surface area contributed by atoms with Crippen molar-refractivity contribution >= 4 is 30.7 Å². The molecular weight excluding hydrogens is 309 g/mol. The molecule has 4 nitrogen and oxygen atoms in total. The summed E-state index contributed by atoms with van der Waals surface area (Å²) in [5.74, 6) is 0.0855. The zero-order valence-electron chi connectivity index (χ0n) is 13.2. The maximum Gasteiger partial charge on any atom is 0.224 e. The van der Waals surface area contributed by atoms with Crippen LogP contribution in [0, 0.1) is 5.92 Å². The molecule has 1 aromatic carbocycles. The van der Waals surface area contributed by atoms with Gasteiger partial charge < -0.3 is 15.5 Å². The molecule has 0 fully saturated rings. The van der Waals surface area contributed by atoms with Crippen molar-refractivity contribution in [3.05, 3.63) is 35.4 Å².